The van der Waals surface area contributed by atoms with E-state index >= 15 is 0 Å². The van der Waals surface area contributed by atoms with Crippen LogP contribution in [0, 0.1) is 0 Å². The predicted molar refractivity (Wildman–Crippen MR) is 111 cm³/mol. The SMILES string of the molecule is CCOP(O)(Nc1ccc(Cc2ccc(N)cc2)cc1)(OCC)C(C)C. The van der Waals surface area contributed by atoms with E-state index < -0.39 is 7.43 Å². The van der Waals surface area contributed by atoms with Crippen LogP contribution in [0.5, 0.6) is 0 Å². The van der Waals surface area contributed by atoms with Crippen LogP contribution in [0.4, 0.5) is 11.4 Å². The van der Waals surface area contributed by atoms with Crippen molar-refractivity contribution in [3.05, 3.63) is 59.7 Å². The molecule has 0 fully saturated rings. The molecular formula is C20H31N2O3P. The Hall–Kier alpha value is -1.65. The number of nitrogens with one attached hydrogen (secondary N) is 1. The second-order valence-electron chi connectivity index (χ2n) is 6.63. The van der Waals surface area contributed by atoms with Crippen LogP contribution in [0.3, 0.4) is 0 Å². The van der Waals surface area contributed by atoms with E-state index in [-0.39, 0.29) is 5.66 Å². The van der Waals surface area contributed by atoms with Crippen LogP contribution < -0.4 is 10.8 Å². The first-order valence-electron chi connectivity index (χ1n) is 9.08. The first-order valence-corrected chi connectivity index (χ1v) is 11.2. The van der Waals surface area contributed by atoms with E-state index in [1.807, 2.05) is 76.2 Å². The summed E-state index contributed by atoms with van der Waals surface area (Å²) in [5.41, 5.74) is 9.46. The molecule has 0 heterocycles. The van der Waals surface area contributed by atoms with E-state index in [1.54, 1.807) is 0 Å². The molecular weight excluding hydrogens is 347 g/mol. The third kappa shape index (κ3) is 4.74. The van der Waals surface area contributed by atoms with Crippen molar-refractivity contribution in [3.8, 4) is 0 Å². The van der Waals surface area contributed by atoms with Crippen molar-refractivity contribution in [2.75, 3.05) is 24.0 Å². The van der Waals surface area contributed by atoms with Gasteiger partial charge in [-0.1, -0.05) is 0 Å². The maximum atomic E-state index is 11.4. The Morgan fingerprint density at radius 1 is 0.923 bits per heavy atom. The molecule has 4 N–H and O–H groups in total. The number of nitrogens with two attached hydrogens (primary N) is 1. The summed E-state index contributed by atoms with van der Waals surface area (Å²) in [6, 6.07) is 15.9. The second-order valence-corrected chi connectivity index (χ2v) is 10.4. The quantitative estimate of drug-likeness (QED) is 0.425. The molecule has 0 amide bonds. The third-order valence-corrected chi connectivity index (χ3v) is 8.35. The summed E-state index contributed by atoms with van der Waals surface area (Å²) in [7, 11) is -3.96. The van der Waals surface area contributed by atoms with E-state index in [9.17, 15) is 4.89 Å². The number of rotatable bonds is 9. The van der Waals surface area contributed by atoms with Gasteiger partial charge in [0.25, 0.3) is 0 Å². The molecule has 0 aliphatic rings. The molecule has 6 heteroatoms. The summed E-state index contributed by atoms with van der Waals surface area (Å²) in [6.07, 6.45) is 0.824. The van der Waals surface area contributed by atoms with Gasteiger partial charge in [-0.25, -0.2) is 0 Å². The number of nitrogen functional groups attached to an aromatic ring is 1. The van der Waals surface area contributed by atoms with E-state index in [2.05, 4.69) is 5.09 Å². The molecule has 0 radical (unpaired) electrons. The summed E-state index contributed by atoms with van der Waals surface area (Å²) in [4.78, 5) is 11.4. The van der Waals surface area contributed by atoms with Crippen LogP contribution in [0.1, 0.15) is 38.8 Å². The maximum absolute atomic E-state index is 11.4. The zero-order valence-corrected chi connectivity index (χ0v) is 17.0. The van der Waals surface area contributed by atoms with Crippen molar-refractivity contribution in [2.24, 2.45) is 0 Å². The van der Waals surface area contributed by atoms with Crippen LogP contribution in [0.25, 0.3) is 0 Å². The van der Waals surface area contributed by atoms with Gasteiger partial charge in [-0.15, -0.1) is 0 Å². The van der Waals surface area contributed by atoms with Gasteiger partial charge in [-0.05, 0) is 0 Å². The van der Waals surface area contributed by atoms with Crippen molar-refractivity contribution in [1.29, 1.82) is 0 Å². The van der Waals surface area contributed by atoms with Gasteiger partial charge in [0.05, 0.1) is 0 Å². The number of hydrogen-bond donors (Lipinski definition) is 3. The van der Waals surface area contributed by atoms with Crippen molar-refractivity contribution in [1.82, 2.24) is 0 Å². The molecule has 0 bridgehead atoms. The van der Waals surface area contributed by atoms with Crippen LogP contribution in [-0.2, 0) is 15.5 Å². The molecule has 2 rings (SSSR count). The third-order valence-electron chi connectivity index (χ3n) is 4.34. The average Bonchev–Trinajstić information content (AvgIpc) is 2.59. The molecule has 0 aliphatic heterocycles. The minimum absolute atomic E-state index is 0.199. The van der Waals surface area contributed by atoms with Crippen LogP contribution in [0.2, 0.25) is 0 Å². The second kappa shape index (κ2) is 8.36. The number of hydrogen-bond acceptors (Lipinski definition) is 5. The Bertz CT molecular complexity index is 696. The topological polar surface area (TPSA) is 76.7 Å². The Morgan fingerprint density at radius 2 is 1.38 bits per heavy atom. The molecule has 2 aromatic rings. The summed E-state index contributed by atoms with van der Waals surface area (Å²) in [5, 5.41) is 3.19. The van der Waals surface area contributed by atoms with Gasteiger partial charge in [0.15, 0.2) is 0 Å². The normalized spacial score (nSPS) is 13.4. The summed E-state index contributed by atoms with van der Waals surface area (Å²) in [5.74, 6) is 0. The summed E-state index contributed by atoms with van der Waals surface area (Å²) < 4.78 is 11.6. The van der Waals surface area contributed by atoms with Gasteiger partial charge in [0, 0.05) is 0 Å². The molecule has 0 saturated carbocycles. The fraction of sp³-hybridized carbons (Fsp3) is 0.400. The standard InChI is InChI=1S/C20H31N2O3P/c1-5-24-26(23,16(3)4,25-6-2)22-20-13-9-18(10-14-20)15-17-7-11-19(21)12-8-17/h7-14,16,22-23H,5-6,15,21H2,1-4H3. The summed E-state index contributed by atoms with van der Waals surface area (Å²) in [6.45, 7) is 8.27. The first-order chi connectivity index (χ1) is 12.3. The minimum atomic E-state index is -3.96. The molecule has 2 aromatic carbocycles. The van der Waals surface area contributed by atoms with Gasteiger partial charge < -0.3 is 0 Å². The van der Waals surface area contributed by atoms with E-state index in [0.29, 0.717) is 13.2 Å². The predicted octanol–water partition coefficient (Wildman–Crippen LogP) is 4.96. The van der Waals surface area contributed by atoms with E-state index in [4.69, 9.17) is 14.8 Å². The van der Waals surface area contributed by atoms with Gasteiger partial charge in [0.1, 0.15) is 0 Å². The van der Waals surface area contributed by atoms with Crippen molar-refractivity contribution in [3.63, 3.8) is 0 Å². The molecule has 0 atom stereocenters. The van der Waals surface area contributed by atoms with Crippen molar-refractivity contribution in [2.45, 2.75) is 39.8 Å². The van der Waals surface area contributed by atoms with Crippen LogP contribution in [-0.4, -0.2) is 23.8 Å². The Balaban J connectivity index is 2.19. The van der Waals surface area contributed by atoms with Gasteiger partial charge in [0.2, 0.25) is 0 Å². The number of benzene rings is 2. The molecule has 144 valence electrons. The Morgan fingerprint density at radius 3 is 1.81 bits per heavy atom. The fourth-order valence-corrected chi connectivity index (χ4v) is 5.51. The molecule has 0 aromatic heterocycles. The van der Waals surface area contributed by atoms with E-state index in [0.717, 1.165) is 17.8 Å². The molecule has 26 heavy (non-hydrogen) atoms. The fourth-order valence-electron chi connectivity index (χ4n) is 2.83. The monoisotopic (exact) mass is 378 g/mol. The van der Waals surface area contributed by atoms with Crippen molar-refractivity contribution < 1.29 is 13.9 Å². The van der Waals surface area contributed by atoms with E-state index in [1.165, 1.54) is 11.1 Å². The molecule has 5 nitrogen and oxygen atoms in total. The van der Waals surface area contributed by atoms with Crippen LogP contribution >= 0.6 is 7.43 Å². The van der Waals surface area contributed by atoms with Gasteiger partial charge >= 0.3 is 156 Å². The molecule has 0 saturated heterocycles. The number of anilines is 2. The summed E-state index contributed by atoms with van der Waals surface area (Å²) >= 11 is 0. The zero-order chi connectivity index (χ0) is 19.2. The molecule has 0 aliphatic carbocycles. The average molecular weight is 378 g/mol. The first kappa shape index (κ1) is 20.7. The van der Waals surface area contributed by atoms with Crippen LogP contribution in [0.15, 0.2) is 48.5 Å². The Labute approximate surface area is 156 Å². The van der Waals surface area contributed by atoms with Gasteiger partial charge in [-0.3, -0.25) is 0 Å². The Kier molecular flexibility index (Phi) is 6.64. The zero-order valence-electron chi connectivity index (χ0n) is 16.1. The molecule has 0 unspecified atom stereocenters. The van der Waals surface area contributed by atoms with Gasteiger partial charge in [-0.2, -0.15) is 0 Å². The molecule has 0 spiro atoms. The van der Waals surface area contributed by atoms with Crippen molar-refractivity contribution >= 4 is 18.8 Å².